The summed E-state index contributed by atoms with van der Waals surface area (Å²) in [6.07, 6.45) is 3.66. The first-order valence-corrected chi connectivity index (χ1v) is 6.19. The molecule has 6 heteroatoms. The van der Waals surface area contributed by atoms with Gasteiger partial charge in [-0.1, -0.05) is 20.8 Å². The van der Waals surface area contributed by atoms with E-state index in [9.17, 15) is 9.59 Å². The fraction of sp³-hybridized carbons (Fsp3) is 0.615. The van der Waals surface area contributed by atoms with Gasteiger partial charge in [-0.3, -0.25) is 9.59 Å². The lowest BCUT2D eigenvalue weighted by atomic mass is 9.87. The van der Waals surface area contributed by atoms with Crippen LogP contribution in [-0.4, -0.2) is 26.7 Å². The second-order valence-corrected chi connectivity index (χ2v) is 5.90. The van der Waals surface area contributed by atoms with Crippen molar-refractivity contribution in [1.82, 2.24) is 9.55 Å². The molecule has 1 atom stereocenters. The SMILES string of the molecule is Cn1ccnc(NC(CC(=O)O)CC(C)(C)C)c1=O. The van der Waals surface area contributed by atoms with Crippen LogP contribution in [0.15, 0.2) is 17.2 Å². The zero-order chi connectivity index (χ0) is 14.6. The van der Waals surface area contributed by atoms with Crippen LogP contribution in [0.4, 0.5) is 5.82 Å². The van der Waals surface area contributed by atoms with E-state index in [1.165, 1.54) is 10.8 Å². The molecule has 1 heterocycles. The number of aromatic nitrogens is 2. The van der Waals surface area contributed by atoms with Crippen molar-refractivity contribution in [3.63, 3.8) is 0 Å². The Hall–Kier alpha value is -1.85. The molecule has 0 aliphatic rings. The van der Waals surface area contributed by atoms with Crippen LogP contribution < -0.4 is 10.9 Å². The largest absolute Gasteiger partial charge is 0.481 e. The van der Waals surface area contributed by atoms with Gasteiger partial charge in [0.15, 0.2) is 5.82 Å². The molecule has 6 nitrogen and oxygen atoms in total. The van der Waals surface area contributed by atoms with E-state index >= 15 is 0 Å². The van der Waals surface area contributed by atoms with Gasteiger partial charge in [-0.25, -0.2) is 4.98 Å². The summed E-state index contributed by atoms with van der Waals surface area (Å²) in [5.41, 5.74) is -0.292. The number of rotatable bonds is 5. The van der Waals surface area contributed by atoms with Crippen LogP contribution >= 0.6 is 0 Å². The minimum Gasteiger partial charge on any atom is -0.481 e. The van der Waals surface area contributed by atoms with Gasteiger partial charge in [0.2, 0.25) is 0 Å². The number of nitrogens with zero attached hydrogens (tertiary/aromatic N) is 2. The monoisotopic (exact) mass is 267 g/mol. The Labute approximate surface area is 112 Å². The molecule has 0 saturated heterocycles. The molecule has 0 spiro atoms. The van der Waals surface area contributed by atoms with Crippen LogP contribution in [0, 0.1) is 5.41 Å². The van der Waals surface area contributed by atoms with Crippen molar-refractivity contribution >= 4 is 11.8 Å². The molecule has 2 N–H and O–H groups in total. The number of hydrogen-bond acceptors (Lipinski definition) is 4. The van der Waals surface area contributed by atoms with Crippen LogP contribution in [-0.2, 0) is 11.8 Å². The van der Waals surface area contributed by atoms with Crippen LogP contribution in [0.2, 0.25) is 0 Å². The molecule has 1 rings (SSSR count). The first-order valence-electron chi connectivity index (χ1n) is 6.19. The minimum absolute atomic E-state index is 0.0346. The molecule has 0 fully saturated rings. The summed E-state index contributed by atoms with van der Waals surface area (Å²) < 4.78 is 1.41. The van der Waals surface area contributed by atoms with Crippen molar-refractivity contribution in [2.45, 2.75) is 39.7 Å². The highest BCUT2D eigenvalue weighted by Crippen LogP contribution is 2.23. The summed E-state index contributed by atoms with van der Waals surface area (Å²) >= 11 is 0. The highest BCUT2D eigenvalue weighted by Gasteiger charge is 2.22. The second-order valence-electron chi connectivity index (χ2n) is 5.90. The zero-order valence-corrected chi connectivity index (χ0v) is 11.8. The smallest absolute Gasteiger partial charge is 0.305 e. The normalized spacial score (nSPS) is 13.1. The van der Waals surface area contributed by atoms with Crippen molar-refractivity contribution in [2.24, 2.45) is 12.5 Å². The number of anilines is 1. The van der Waals surface area contributed by atoms with E-state index in [1.807, 2.05) is 20.8 Å². The lowest BCUT2D eigenvalue weighted by molar-refractivity contribution is -0.137. The number of aryl methyl sites for hydroxylation is 1. The summed E-state index contributed by atoms with van der Waals surface area (Å²) in [5.74, 6) is -0.699. The van der Waals surface area contributed by atoms with Crippen molar-refractivity contribution in [1.29, 1.82) is 0 Å². The van der Waals surface area contributed by atoms with E-state index in [0.29, 0.717) is 6.42 Å². The summed E-state index contributed by atoms with van der Waals surface area (Å²) in [6.45, 7) is 6.08. The van der Waals surface area contributed by atoms with Crippen LogP contribution in [0.25, 0.3) is 0 Å². The first-order chi connectivity index (χ1) is 8.69. The number of carbonyl (C=O) groups is 1. The van der Waals surface area contributed by atoms with Gasteiger partial charge in [-0.15, -0.1) is 0 Å². The van der Waals surface area contributed by atoms with Crippen molar-refractivity contribution < 1.29 is 9.90 Å². The average molecular weight is 267 g/mol. The molecule has 19 heavy (non-hydrogen) atoms. The van der Waals surface area contributed by atoms with Crippen LogP contribution in [0.5, 0.6) is 0 Å². The molecular formula is C13H21N3O3. The lowest BCUT2D eigenvalue weighted by Crippen LogP contribution is -2.32. The quantitative estimate of drug-likeness (QED) is 0.844. The Morgan fingerprint density at radius 1 is 1.53 bits per heavy atom. The molecule has 106 valence electrons. The van der Waals surface area contributed by atoms with Crippen molar-refractivity contribution in [2.75, 3.05) is 5.32 Å². The minimum atomic E-state index is -0.894. The van der Waals surface area contributed by atoms with Gasteiger partial charge in [0, 0.05) is 25.5 Å². The predicted octanol–water partition coefficient (Wildman–Crippen LogP) is 1.47. The van der Waals surface area contributed by atoms with Gasteiger partial charge in [-0.05, 0) is 11.8 Å². The Kier molecular flexibility index (Phi) is 4.69. The lowest BCUT2D eigenvalue weighted by Gasteiger charge is -2.26. The van der Waals surface area contributed by atoms with Gasteiger partial charge in [0.1, 0.15) is 0 Å². The molecule has 0 aliphatic carbocycles. The summed E-state index contributed by atoms with van der Waals surface area (Å²) in [6, 6.07) is -0.319. The summed E-state index contributed by atoms with van der Waals surface area (Å²) in [4.78, 5) is 26.7. The number of hydrogen-bond donors (Lipinski definition) is 2. The van der Waals surface area contributed by atoms with E-state index in [4.69, 9.17) is 5.11 Å². The Morgan fingerprint density at radius 3 is 2.68 bits per heavy atom. The molecule has 0 aromatic carbocycles. The highest BCUT2D eigenvalue weighted by atomic mass is 16.4. The van der Waals surface area contributed by atoms with Gasteiger partial charge in [0.05, 0.1) is 6.42 Å². The van der Waals surface area contributed by atoms with E-state index in [-0.39, 0.29) is 29.3 Å². The molecule has 0 radical (unpaired) electrons. The van der Waals surface area contributed by atoms with Gasteiger partial charge >= 0.3 is 5.97 Å². The topological polar surface area (TPSA) is 84.2 Å². The maximum absolute atomic E-state index is 11.8. The average Bonchev–Trinajstić information content (AvgIpc) is 2.21. The van der Waals surface area contributed by atoms with E-state index in [2.05, 4.69) is 10.3 Å². The molecule has 1 aromatic rings. The number of aliphatic carboxylic acids is 1. The Bertz CT molecular complexity index is 503. The van der Waals surface area contributed by atoms with Crippen LogP contribution in [0.3, 0.4) is 0 Å². The van der Waals surface area contributed by atoms with Gasteiger partial charge in [0.25, 0.3) is 5.56 Å². The Morgan fingerprint density at radius 2 is 2.16 bits per heavy atom. The Balaban J connectivity index is 2.91. The van der Waals surface area contributed by atoms with Crippen LogP contribution in [0.1, 0.15) is 33.6 Å². The number of carboxylic acids is 1. The number of carboxylic acid groups (broad SMARTS) is 1. The molecule has 0 amide bonds. The highest BCUT2D eigenvalue weighted by molar-refractivity contribution is 5.68. The second kappa shape index (κ2) is 5.86. The van der Waals surface area contributed by atoms with Crippen molar-refractivity contribution in [3.05, 3.63) is 22.7 Å². The standard InChI is InChI=1S/C13H21N3O3/c1-13(2,3)8-9(7-10(17)18)15-11-12(19)16(4)6-5-14-11/h5-6,9H,7-8H2,1-4H3,(H,14,15)(H,17,18). The molecule has 0 bridgehead atoms. The molecule has 1 aromatic heterocycles. The molecule has 0 saturated carbocycles. The molecule has 1 unspecified atom stereocenters. The predicted molar refractivity (Wildman–Crippen MR) is 73.2 cm³/mol. The third-order valence-corrected chi connectivity index (χ3v) is 2.64. The number of nitrogens with one attached hydrogen (secondary N) is 1. The third kappa shape index (κ3) is 5.11. The van der Waals surface area contributed by atoms with E-state index in [1.54, 1.807) is 13.2 Å². The van der Waals surface area contributed by atoms with Crippen molar-refractivity contribution in [3.8, 4) is 0 Å². The van der Waals surface area contributed by atoms with E-state index in [0.717, 1.165) is 0 Å². The maximum atomic E-state index is 11.8. The van der Waals surface area contributed by atoms with Gasteiger partial charge in [-0.2, -0.15) is 0 Å². The summed E-state index contributed by atoms with van der Waals surface area (Å²) in [5, 5.41) is 11.9. The zero-order valence-electron chi connectivity index (χ0n) is 11.8. The third-order valence-electron chi connectivity index (χ3n) is 2.64. The molecule has 0 aliphatic heterocycles. The first kappa shape index (κ1) is 15.2. The fourth-order valence-corrected chi connectivity index (χ4v) is 1.91. The van der Waals surface area contributed by atoms with E-state index < -0.39 is 5.97 Å². The summed E-state index contributed by atoms with van der Waals surface area (Å²) in [7, 11) is 1.63. The fourth-order valence-electron chi connectivity index (χ4n) is 1.91. The van der Waals surface area contributed by atoms with Gasteiger partial charge < -0.3 is 15.0 Å². The maximum Gasteiger partial charge on any atom is 0.305 e. The molecular weight excluding hydrogens is 246 g/mol.